The SMILES string of the molecule is Cc1cc(-c2cc(Cl)ccc2OCCn2c(C)nc3cc(C(F)(F)F)c(N4CCN(C)CC4)c(C#N)c3c2=O)c2sccc2n1. The first kappa shape index (κ1) is 30.8. The van der Waals surface area contributed by atoms with Crippen LogP contribution in [-0.4, -0.2) is 59.3 Å². The van der Waals surface area contributed by atoms with E-state index < -0.39 is 17.3 Å². The summed E-state index contributed by atoms with van der Waals surface area (Å²) in [5, 5.41) is 12.5. The van der Waals surface area contributed by atoms with Gasteiger partial charge in [0.15, 0.2) is 0 Å². The second-order valence-electron chi connectivity index (χ2n) is 11.0. The van der Waals surface area contributed by atoms with Crippen LogP contribution in [0.5, 0.6) is 5.75 Å². The normalized spacial score (nSPS) is 14.3. The smallest absolute Gasteiger partial charge is 0.418 e. The van der Waals surface area contributed by atoms with Gasteiger partial charge >= 0.3 is 6.18 Å². The molecule has 1 aliphatic rings. The first-order chi connectivity index (χ1) is 21.5. The molecule has 5 aromatic rings. The Hall–Kier alpha value is -4.18. The van der Waals surface area contributed by atoms with Gasteiger partial charge in [-0.05, 0) is 62.7 Å². The lowest BCUT2D eigenvalue weighted by atomic mass is 10.00. The average molecular weight is 653 g/mol. The number of piperazine rings is 1. The maximum absolute atomic E-state index is 14.3. The quantitative estimate of drug-likeness (QED) is 0.203. The number of hydrogen-bond donors (Lipinski definition) is 0. The van der Waals surface area contributed by atoms with E-state index in [4.69, 9.17) is 16.3 Å². The van der Waals surface area contributed by atoms with E-state index in [-0.39, 0.29) is 41.1 Å². The molecule has 0 saturated carbocycles. The van der Waals surface area contributed by atoms with Crippen molar-refractivity contribution >= 4 is 49.7 Å². The van der Waals surface area contributed by atoms with Crippen molar-refractivity contribution in [3.63, 3.8) is 0 Å². The number of nitrogens with zero attached hydrogens (tertiary/aromatic N) is 6. The van der Waals surface area contributed by atoms with Gasteiger partial charge in [0.2, 0.25) is 0 Å². The molecule has 0 unspecified atom stereocenters. The fourth-order valence-electron chi connectivity index (χ4n) is 5.80. The number of pyridine rings is 1. The van der Waals surface area contributed by atoms with Crippen molar-refractivity contribution < 1.29 is 17.9 Å². The molecule has 8 nitrogen and oxygen atoms in total. The molecule has 2 aromatic carbocycles. The minimum atomic E-state index is -4.74. The van der Waals surface area contributed by atoms with Gasteiger partial charge in [-0.3, -0.25) is 14.3 Å². The summed E-state index contributed by atoms with van der Waals surface area (Å²) in [5.41, 5.74) is 1.08. The number of aryl methyl sites for hydroxylation is 2. The first-order valence-electron chi connectivity index (χ1n) is 14.2. The number of nitriles is 1. The fourth-order valence-corrected chi connectivity index (χ4v) is 6.84. The lowest BCUT2D eigenvalue weighted by Crippen LogP contribution is -2.45. The van der Waals surface area contributed by atoms with E-state index in [9.17, 15) is 23.2 Å². The molecule has 13 heteroatoms. The van der Waals surface area contributed by atoms with Crippen LogP contribution in [0.2, 0.25) is 5.02 Å². The van der Waals surface area contributed by atoms with Crippen LogP contribution in [0, 0.1) is 25.2 Å². The lowest BCUT2D eigenvalue weighted by Gasteiger charge is -2.36. The fraction of sp³-hybridized carbons (Fsp3) is 0.312. The zero-order chi connectivity index (χ0) is 32.0. The van der Waals surface area contributed by atoms with E-state index in [1.54, 1.807) is 35.3 Å². The van der Waals surface area contributed by atoms with Crippen LogP contribution >= 0.6 is 22.9 Å². The molecule has 4 heterocycles. The summed E-state index contributed by atoms with van der Waals surface area (Å²) in [6.45, 7) is 5.20. The van der Waals surface area contributed by atoms with Crippen LogP contribution in [0.1, 0.15) is 22.6 Å². The predicted octanol–water partition coefficient (Wildman–Crippen LogP) is 6.66. The second kappa shape index (κ2) is 12.0. The molecular formula is C32H28ClF3N6O2S. The number of hydrogen-bond acceptors (Lipinski definition) is 8. The van der Waals surface area contributed by atoms with E-state index in [2.05, 4.69) is 9.97 Å². The molecule has 232 valence electrons. The van der Waals surface area contributed by atoms with Crippen LogP contribution in [0.3, 0.4) is 0 Å². The van der Waals surface area contributed by atoms with Crippen molar-refractivity contribution in [2.75, 3.05) is 44.7 Å². The number of aromatic nitrogens is 3. The summed E-state index contributed by atoms with van der Waals surface area (Å²) < 4.78 is 51.5. The van der Waals surface area contributed by atoms with Gasteiger partial charge in [-0.15, -0.1) is 11.3 Å². The van der Waals surface area contributed by atoms with Gasteiger partial charge in [-0.2, -0.15) is 18.4 Å². The van der Waals surface area contributed by atoms with Crippen LogP contribution in [-0.2, 0) is 12.7 Å². The van der Waals surface area contributed by atoms with Gasteiger partial charge in [0.1, 0.15) is 24.3 Å². The molecule has 1 saturated heterocycles. The summed E-state index contributed by atoms with van der Waals surface area (Å²) in [7, 11) is 1.88. The van der Waals surface area contributed by atoms with E-state index in [0.29, 0.717) is 37.0 Å². The molecule has 0 amide bonds. The molecule has 3 aromatic heterocycles. The highest BCUT2D eigenvalue weighted by molar-refractivity contribution is 7.17. The van der Waals surface area contributed by atoms with E-state index in [0.717, 1.165) is 33.1 Å². The number of thiophene rings is 1. The molecule has 0 spiro atoms. The van der Waals surface area contributed by atoms with Gasteiger partial charge in [-0.1, -0.05) is 11.6 Å². The second-order valence-corrected chi connectivity index (χ2v) is 12.3. The molecule has 1 aliphatic heterocycles. The Morgan fingerprint density at radius 3 is 2.51 bits per heavy atom. The summed E-state index contributed by atoms with van der Waals surface area (Å²) in [6.07, 6.45) is -4.74. The molecule has 0 aliphatic carbocycles. The highest BCUT2D eigenvalue weighted by atomic mass is 35.5. The van der Waals surface area contributed by atoms with Gasteiger partial charge in [0.05, 0.1) is 44.5 Å². The molecule has 0 radical (unpaired) electrons. The minimum absolute atomic E-state index is 0.0497. The lowest BCUT2D eigenvalue weighted by molar-refractivity contribution is -0.137. The van der Waals surface area contributed by atoms with Crippen LogP contribution < -0.4 is 15.2 Å². The highest BCUT2D eigenvalue weighted by Gasteiger charge is 2.38. The third-order valence-electron chi connectivity index (χ3n) is 7.99. The van der Waals surface area contributed by atoms with Crippen molar-refractivity contribution in [1.29, 1.82) is 5.26 Å². The van der Waals surface area contributed by atoms with Crippen molar-refractivity contribution in [2.24, 2.45) is 0 Å². The third kappa shape index (κ3) is 5.83. The number of benzene rings is 2. The topological polar surface area (TPSA) is 87.3 Å². The third-order valence-corrected chi connectivity index (χ3v) is 9.16. The number of alkyl halides is 3. The van der Waals surface area contributed by atoms with Gasteiger partial charge < -0.3 is 14.5 Å². The maximum Gasteiger partial charge on any atom is 0.418 e. The first-order valence-corrected chi connectivity index (χ1v) is 15.5. The zero-order valence-corrected chi connectivity index (χ0v) is 26.3. The number of fused-ring (bicyclic) bond motifs is 2. The van der Waals surface area contributed by atoms with E-state index in [1.807, 2.05) is 48.5 Å². The average Bonchev–Trinajstić information content (AvgIpc) is 3.46. The molecule has 6 rings (SSSR count). The summed E-state index contributed by atoms with van der Waals surface area (Å²) in [6, 6.07) is 12.0. The predicted molar refractivity (Wildman–Crippen MR) is 170 cm³/mol. The number of rotatable bonds is 6. The van der Waals surface area contributed by atoms with Crippen molar-refractivity contribution in [1.82, 2.24) is 19.4 Å². The van der Waals surface area contributed by atoms with E-state index >= 15 is 0 Å². The Morgan fingerprint density at radius 2 is 1.80 bits per heavy atom. The molecule has 0 atom stereocenters. The minimum Gasteiger partial charge on any atom is -0.491 e. The maximum atomic E-state index is 14.3. The van der Waals surface area contributed by atoms with Gasteiger partial charge in [0.25, 0.3) is 5.56 Å². The molecule has 1 fully saturated rings. The highest BCUT2D eigenvalue weighted by Crippen LogP contribution is 2.42. The Kier molecular flexibility index (Phi) is 8.20. The summed E-state index contributed by atoms with van der Waals surface area (Å²) >= 11 is 7.94. The van der Waals surface area contributed by atoms with Gasteiger partial charge in [-0.25, -0.2) is 4.98 Å². The number of ether oxygens (including phenoxy) is 1. The monoisotopic (exact) mass is 652 g/mol. The van der Waals surface area contributed by atoms with Gasteiger partial charge in [0, 0.05) is 48.0 Å². The Labute approximate surface area is 265 Å². The largest absolute Gasteiger partial charge is 0.491 e. The molecule has 0 N–H and O–H groups in total. The van der Waals surface area contributed by atoms with Crippen LogP contribution in [0.25, 0.3) is 32.2 Å². The van der Waals surface area contributed by atoms with E-state index in [1.165, 1.54) is 4.57 Å². The van der Waals surface area contributed by atoms with Crippen molar-refractivity contribution in [3.05, 3.63) is 79.8 Å². The summed E-state index contributed by atoms with van der Waals surface area (Å²) in [5.74, 6) is 0.755. The number of halogens is 4. The Morgan fingerprint density at radius 1 is 1.04 bits per heavy atom. The summed E-state index contributed by atoms with van der Waals surface area (Å²) in [4.78, 5) is 26.4. The molecular weight excluding hydrogens is 625 g/mol. The standard InChI is InChI=1S/C32H28ClF3N6O2S/c1-18-14-22(30-25(38-18)6-13-45-30)21-15-20(33)4-5-27(21)44-12-11-42-19(2)39-26-16-24(32(34,35)36)29(23(17-37)28(26)31(42)43)41-9-7-40(3)8-10-41/h4-6,13-16H,7-12H2,1-3H3. The van der Waals surface area contributed by atoms with Crippen LogP contribution in [0.15, 0.2) is 46.6 Å². The molecule has 45 heavy (non-hydrogen) atoms. The molecule has 0 bridgehead atoms. The Balaban J connectivity index is 1.38. The number of likely N-dealkylation sites (N-methyl/N-ethyl adjacent to an activating group) is 1. The van der Waals surface area contributed by atoms with Crippen molar-refractivity contribution in [3.8, 4) is 22.9 Å². The zero-order valence-electron chi connectivity index (χ0n) is 24.7. The Bertz CT molecular complexity index is 2040. The number of anilines is 1. The van der Waals surface area contributed by atoms with Crippen LogP contribution in [0.4, 0.5) is 18.9 Å². The van der Waals surface area contributed by atoms with Crippen molar-refractivity contribution in [2.45, 2.75) is 26.6 Å².